The first kappa shape index (κ1) is 10.4. The quantitative estimate of drug-likeness (QED) is 0.612. The van der Waals surface area contributed by atoms with Crippen LogP contribution in [0.15, 0.2) is 0 Å². The zero-order chi connectivity index (χ0) is 9.07. The Bertz CT molecular complexity index is 145. The molecule has 0 aliphatic carbocycles. The number of hydrogen-bond donors (Lipinski definition) is 2. The maximum atomic E-state index is 10.4. The van der Waals surface area contributed by atoms with Crippen molar-refractivity contribution in [2.24, 2.45) is 11.1 Å². The van der Waals surface area contributed by atoms with Gasteiger partial charge in [-0.25, -0.2) is 0 Å². The van der Waals surface area contributed by atoms with Crippen LogP contribution in [-0.4, -0.2) is 30.8 Å². The number of ether oxygens (including phenoxy) is 1. The Hall–Kier alpha value is -0.610. The van der Waals surface area contributed by atoms with Crippen molar-refractivity contribution in [2.75, 3.05) is 13.7 Å². The van der Waals surface area contributed by atoms with Crippen molar-refractivity contribution in [1.82, 2.24) is 0 Å². The minimum absolute atomic E-state index is 0.348. The lowest BCUT2D eigenvalue weighted by Gasteiger charge is -2.27. The lowest BCUT2D eigenvalue weighted by molar-refractivity contribution is -0.142. The van der Waals surface area contributed by atoms with E-state index < -0.39 is 17.4 Å². The van der Waals surface area contributed by atoms with Gasteiger partial charge in [0.25, 0.3) is 0 Å². The Morgan fingerprint density at radius 1 is 1.73 bits per heavy atom. The third-order valence-electron chi connectivity index (χ3n) is 1.62. The number of nitrogens with two attached hydrogens (primary N) is 1. The Morgan fingerprint density at radius 3 is 2.45 bits per heavy atom. The van der Waals surface area contributed by atoms with E-state index in [1.165, 1.54) is 7.11 Å². The molecule has 0 aromatic heterocycles. The van der Waals surface area contributed by atoms with E-state index in [4.69, 9.17) is 15.6 Å². The van der Waals surface area contributed by atoms with Gasteiger partial charge in [0.15, 0.2) is 0 Å². The first-order valence-corrected chi connectivity index (χ1v) is 3.39. The number of methoxy groups -OCH3 is 1. The van der Waals surface area contributed by atoms with Crippen molar-refractivity contribution >= 4 is 5.97 Å². The lowest BCUT2D eigenvalue weighted by atomic mass is 9.86. The second-order valence-electron chi connectivity index (χ2n) is 3.24. The van der Waals surface area contributed by atoms with Gasteiger partial charge in [-0.05, 0) is 0 Å². The van der Waals surface area contributed by atoms with Crippen molar-refractivity contribution in [1.29, 1.82) is 0 Å². The molecule has 0 heterocycles. The lowest BCUT2D eigenvalue weighted by Crippen LogP contribution is -2.46. The second kappa shape index (κ2) is 3.69. The fraction of sp³-hybridized carbons (Fsp3) is 0.857. The third-order valence-corrected chi connectivity index (χ3v) is 1.62. The molecule has 0 spiro atoms. The second-order valence-corrected chi connectivity index (χ2v) is 3.24. The predicted molar refractivity (Wildman–Crippen MR) is 41.3 cm³/mol. The molecule has 0 saturated heterocycles. The van der Waals surface area contributed by atoms with Crippen LogP contribution in [0.3, 0.4) is 0 Å². The summed E-state index contributed by atoms with van der Waals surface area (Å²) in [5, 5.41) is 8.56. The minimum atomic E-state index is -0.993. The van der Waals surface area contributed by atoms with E-state index in [1.54, 1.807) is 13.8 Å². The third kappa shape index (κ3) is 2.86. The van der Waals surface area contributed by atoms with Crippen LogP contribution in [0.5, 0.6) is 0 Å². The van der Waals surface area contributed by atoms with Crippen LogP contribution in [0.25, 0.3) is 0 Å². The SMILES string of the molecule is COCC(C)(C)[C@H](N)C(=O)O. The molecule has 4 heteroatoms. The van der Waals surface area contributed by atoms with E-state index in [0.29, 0.717) is 6.61 Å². The molecule has 0 saturated carbocycles. The fourth-order valence-electron chi connectivity index (χ4n) is 0.796. The highest BCUT2D eigenvalue weighted by Crippen LogP contribution is 2.18. The molecule has 0 aliphatic heterocycles. The molecule has 0 unspecified atom stereocenters. The van der Waals surface area contributed by atoms with Crippen LogP contribution in [0.2, 0.25) is 0 Å². The van der Waals surface area contributed by atoms with E-state index in [2.05, 4.69) is 0 Å². The van der Waals surface area contributed by atoms with Crippen molar-refractivity contribution in [3.8, 4) is 0 Å². The number of carboxylic acid groups (broad SMARTS) is 1. The molecule has 4 nitrogen and oxygen atoms in total. The van der Waals surface area contributed by atoms with Gasteiger partial charge in [-0.2, -0.15) is 0 Å². The summed E-state index contributed by atoms with van der Waals surface area (Å²) >= 11 is 0. The first-order valence-electron chi connectivity index (χ1n) is 3.39. The fourth-order valence-corrected chi connectivity index (χ4v) is 0.796. The Kier molecular flexibility index (Phi) is 3.48. The molecule has 0 bridgehead atoms. The van der Waals surface area contributed by atoms with Crippen molar-refractivity contribution < 1.29 is 14.6 Å². The van der Waals surface area contributed by atoms with Gasteiger partial charge in [0.2, 0.25) is 0 Å². The minimum Gasteiger partial charge on any atom is -0.480 e. The molecule has 0 amide bonds. The highest BCUT2D eigenvalue weighted by atomic mass is 16.5. The highest BCUT2D eigenvalue weighted by molar-refractivity contribution is 5.74. The van der Waals surface area contributed by atoms with Crippen LogP contribution in [0, 0.1) is 5.41 Å². The summed E-state index contributed by atoms with van der Waals surface area (Å²) in [6, 6.07) is -0.873. The smallest absolute Gasteiger partial charge is 0.321 e. The number of carboxylic acids is 1. The zero-order valence-electron chi connectivity index (χ0n) is 7.13. The van der Waals surface area contributed by atoms with Crippen LogP contribution >= 0.6 is 0 Å². The summed E-state index contributed by atoms with van der Waals surface area (Å²) in [5.74, 6) is -0.993. The van der Waals surface area contributed by atoms with Gasteiger partial charge in [0.1, 0.15) is 6.04 Å². The summed E-state index contributed by atoms with van der Waals surface area (Å²) in [6.45, 7) is 3.87. The summed E-state index contributed by atoms with van der Waals surface area (Å²) < 4.78 is 4.83. The molecule has 0 aromatic rings. The predicted octanol–water partition coefficient (Wildman–Crippen LogP) is 0.0709. The van der Waals surface area contributed by atoms with E-state index in [9.17, 15) is 4.79 Å². The van der Waals surface area contributed by atoms with Crippen molar-refractivity contribution in [3.63, 3.8) is 0 Å². The number of carbonyl (C=O) groups is 1. The molecule has 0 fully saturated rings. The first-order chi connectivity index (χ1) is 4.91. The van der Waals surface area contributed by atoms with Crippen LogP contribution in [-0.2, 0) is 9.53 Å². The van der Waals surface area contributed by atoms with E-state index in [-0.39, 0.29) is 0 Å². The molecular formula is C7H15NO3. The molecule has 66 valence electrons. The monoisotopic (exact) mass is 161 g/mol. The largest absolute Gasteiger partial charge is 0.480 e. The molecule has 3 N–H and O–H groups in total. The van der Waals surface area contributed by atoms with Crippen LogP contribution in [0.1, 0.15) is 13.8 Å². The van der Waals surface area contributed by atoms with Gasteiger partial charge in [0, 0.05) is 12.5 Å². The normalized spacial score (nSPS) is 14.5. The van der Waals surface area contributed by atoms with E-state index in [0.717, 1.165) is 0 Å². The molecule has 0 aliphatic rings. The average molecular weight is 161 g/mol. The Morgan fingerprint density at radius 2 is 2.18 bits per heavy atom. The van der Waals surface area contributed by atoms with Crippen molar-refractivity contribution in [3.05, 3.63) is 0 Å². The molecule has 11 heavy (non-hydrogen) atoms. The molecule has 1 atom stereocenters. The topological polar surface area (TPSA) is 72.5 Å². The summed E-state index contributed by atoms with van der Waals surface area (Å²) in [4.78, 5) is 10.4. The van der Waals surface area contributed by atoms with Gasteiger partial charge in [0.05, 0.1) is 6.61 Å². The van der Waals surface area contributed by atoms with Gasteiger partial charge in [-0.3, -0.25) is 4.79 Å². The summed E-state index contributed by atoms with van der Waals surface area (Å²) in [5.41, 5.74) is 4.89. The number of aliphatic carboxylic acids is 1. The Labute approximate surface area is 66.3 Å². The molecule has 0 aromatic carbocycles. The summed E-state index contributed by atoms with van der Waals surface area (Å²) in [6.07, 6.45) is 0. The summed E-state index contributed by atoms with van der Waals surface area (Å²) in [7, 11) is 1.52. The van der Waals surface area contributed by atoms with Gasteiger partial charge in [-0.1, -0.05) is 13.8 Å². The van der Waals surface area contributed by atoms with Gasteiger partial charge >= 0.3 is 5.97 Å². The standard InChI is InChI=1S/C7H15NO3/c1-7(2,4-11-3)5(8)6(9)10/h5H,4,8H2,1-3H3,(H,9,10)/t5-/m1/s1. The van der Waals surface area contributed by atoms with Gasteiger partial charge < -0.3 is 15.6 Å². The van der Waals surface area contributed by atoms with E-state index in [1.807, 2.05) is 0 Å². The number of rotatable bonds is 4. The van der Waals surface area contributed by atoms with E-state index >= 15 is 0 Å². The molecule has 0 rings (SSSR count). The van der Waals surface area contributed by atoms with Crippen LogP contribution in [0.4, 0.5) is 0 Å². The maximum Gasteiger partial charge on any atom is 0.321 e. The van der Waals surface area contributed by atoms with Gasteiger partial charge in [-0.15, -0.1) is 0 Å². The van der Waals surface area contributed by atoms with Crippen LogP contribution < -0.4 is 5.73 Å². The van der Waals surface area contributed by atoms with Crippen molar-refractivity contribution in [2.45, 2.75) is 19.9 Å². The molecule has 0 radical (unpaired) electrons. The zero-order valence-corrected chi connectivity index (χ0v) is 7.13. The molecular weight excluding hydrogens is 146 g/mol. The maximum absolute atomic E-state index is 10.4. The highest BCUT2D eigenvalue weighted by Gasteiger charge is 2.31. The Balaban J connectivity index is 4.16. The number of hydrogen-bond acceptors (Lipinski definition) is 3. The average Bonchev–Trinajstić information content (AvgIpc) is 1.86.